The van der Waals surface area contributed by atoms with E-state index in [1.54, 1.807) is 6.92 Å². The third-order valence-corrected chi connectivity index (χ3v) is 6.95. The fourth-order valence-corrected chi connectivity index (χ4v) is 5.29. The summed E-state index contributed by atoms with van der Waals surface area (Å²) >= 11 is 1.54. The van der Waals surface area contributed by atoms with Gasteiger partial charge in [-0.15, -0.1) is 11.3 Å². The maximum Gasteiger partial charge on any atom is 0.341 e. The molecule has 0 radical (unpaired) electrons. The number of carbonyl (C=O) groups excluding carboxylic acids is 2. The zero-order chi connectivity index (χ0) is 22.4. The molecule has 0 saturated carbocycles. The number of fused-ring (bicyclic) bond motifs is 1. The molecule has 6 heteroatoms. The molecule has 3 rings (SSSR count). The van der Waals surface area contributed by atoms with Crippen molar-refractivity contribution in [3.63, 3.8) is 0 Å². The smallest absolute Gasteiger partial charge is 0.341 e. The molecule has 1 aromatic carbocycles. The standard InChI is InChI=1S/C25H33NO4S/c1-5-29-24(28)22-19-14-13-17(25(2,3)4)16-20(19)31-23(22)26-21(27)12-9-15-30-18-10-7-6-8-11-18/h6-8,10-11,17H,5,9,12-16H2,1-4H3,(H,26,27). The minimum Gasteiger partial charge on any atom is -0.494 e. The molecule has 2 aromatic rings. The van der Waals surface area contributed by atoms with Gasteiger partial charge in [0.15, 0.2) is 0 Å². The van der Waals surface area contributed by atoms with Gasteiger partial charge < -0.3 is 14.8 Å². The van der Waals surface area contributed by atoms with E-state index in [2.05, 4.69) is 26.1 Å². The van der Waals surface area contributed by atoms with E-state index in [0.29, 0.717) is 42.5 Å². The first-order valence-corrected chi connectivity index (χ1v) is 11.9. The Labute approximate surface area is 189 Å². The molecule has 0 spiro atoms. The summed E-state index contributed by atoms with van der Waals surface area (Å²) in [5.74, 6) is 0.921. The second-order valence-electron chi connectivity index (χ2n) is 9.05. The lowest BCUT2D eigenvalue weighted by atomic mass is 9.72. The van der Waals surface area contributed by atoms with Crippen LogP contribution in [0.2, 0.25) is 0 Å². The first-order valence-electron chi connectivity index (χ1n) is 11.1. The van der Waals surface area contributed by atoms with Gasteiger partial charge in [-0.05, 0) is 61.6 Å². The van der Waals surface area contributed by atoms with Crippen molar-refractivity contribution in [3.05, 3.63) is 46.3 Å². The predicted molar refractivity (Wildman–Crippen MR) is 125 cm³/mol. The summed E-state index contributed by atoms with van der Waals surface area (Å²) in [5.41, 5.74) is 1.84. The highest BCUT2D eigenvalue weighted by atomic mass is 32.1. The molecule has 1 aliphatic rings. The lowest BCUT2D eigenvalue weighted by Gasteiger charge is -2.33. The number of nitrogens with one attached hydrogen (secondary N) is 1. The molecular weight excluding hydrogens is 410 g/mol. The lowest BCUT2D eigenvalue weighted by molar-refractivity contribution is -0.116. The second-order valence-corrected chi connectivity index (χ2v) is 10.2. The molecule has 5 nitrogen and oxygen atoms in total. The van der Waals surface area contributed by atoms with Gasteiger partial charge in [0.2, 0.25) is 5.91 Å². The average Bonchev–Trinajstić information content (AvgIpc) is 3.08. The molecular formula is C25H33NO4S. The van der Waals surface area contributed by atoms with Crippen molar-refractivity contribution in [3.8, 4) is 5.75 Å². The molecule has 1 N–H and O–H groups in total. The summed E-state index contributed by atoms with van der Waals surface area (Å²) in [5, 5.41) is 3.61. The number of amides is 1. The summed E-state index contributed by atoms with van der Waals surface area (Å²) in [6.45, 7) is 9.39. The number of benzene rings is 1. The number of para-hydroxylation sites is 1. The third kappa shape index (κ3) is 6.10. The Balaban J connectivity index is 1.66. The van der Waals surface area contributed by atoms with E-state index in [-0.39, 0.29) is 17.3 Å². The van der Waals surface area contributed by atoms with Crippen LogP contribution in [0, 0.1) is 11.3 Å². The largest absolute Gasteiger partial charge is 0.494 e. The van der Waals surface area contributed by atoms with Crippen LogP contribution in [-0.2, 0) is 22.4 Å². The van der Waals surface area contributed by atoms with Gasteiger partial charge in [0, 0.05) is 11.3 Å². The first-order chi connectivity index (χ1) is 14.8. The highest BCUT2D eigenvalue weighted by molar-refractivity contribution is 7.17. The van der Waals surface area contributed by atoms with Crippen molar-refractivity contribution in [1.82, 2.24) is 0 Å². The van der Waals surface area contributed by atoms with Crippen molar-refractivity contribution in [1.29, 1.82) is 0 Å². The number of hydrogen-bond acceptors (Lipinski definition) is 5. The summed E-state index contributed by atoms with van der Waals surface area (Å²) in [6.07, 6.45) is 3.78. The fourth-order valence-electron chi connectivity index (χ4n) is 3.96. The fraction of sp³-hybridized carbons (Fsp3) is 0.520. The van der Waals surface area contributed by atoms with Crippen LogP contribution in [0.25, 0.3) is 0 Å². The van der Waals surface area contributed by atoms with Gasteiger partial charge in [0.05, 0.1) is 18.8 Å². The quantitative estimate of drug-likeness (QED) is 0.409. The maximum atomic E-state index is 12.7. The minimum absolute atomic E-state index is 0.104. The second kappa shape index (κ2) is 10.3. The Hall–Kier alpha value is -2.34. The van der Waals surface area contributed by atoms with E-state index in [4.69, 9.17) is 9.47 Å². The Morgan fingerprint density at radius 2 is 1.94 bits per heavy atom. The van der Waals surface area contributed by atoms with Crippen LogP contribution < -0.4 is 10.1 Å². The van der Waals surface area contributed by atoms with Crippen molar-refractivity contribution in [2.75, 3.05) is 18.5 Å². The van der Waals surface area contributed by atoms with Gasteiger partial charge in [0.25, 0.3) is 0 Å². The van der Waals surface area contributed by atoms with E-state index in [1.165, 1.54) is 16.2 Å². The number of rotatable bonds is 8. The van der Waals surface area contributed by atoms with Gasteiger partial charge in [-0.1, -0.05) is 39.0 Å². The van der Waals surface area contributed by atoms with Crippen LogP contribution >= 0.6 is 11.3 Å². The molecule has 1 aromatic heterocycles. The van der Waals surface area contributed by atoms with Gasteiger partial charge in [-0.2, -0.15) is 0 Å². The number of carbonyl (C=O) groups is 2. The van der Waals surface area contributed by atoms with Crippen molar-refractivity contribution in [2.45, 2.75) is 59.8 Å². The van der Waals surface area contributed by atoms with Crippen molar-refractivity contribution in [2.24, 2.45) is 11.3 Å². The molecule has 0 bridgehead atoms. The molecule has 0 aliphatic heterocycles. The molecule has 168 valence electrons. The molecule has 1 atom stereocenters. The summed E-state index contributed by atoms with van der Waals surface area (Å²) < 4.78 is 11.0. The Bertz CT molecular complexity index is 898. The number of ether oxygens (including phenoxy) is 2. The topological polar surface area (TPSA) is 64.6 Å². The number of anilines is 1. The first kappa shape index (κ1) is 23.3. The summed E-state index contributed by atoms with van der Waals surface area (Å²) in [7, 11) is 0. The van der Waals surface area contributed by atoms with Crippen LogP contribution in [0.5, 0.6) is 5.75 Å². The lowest BCUT2D eigenvalue weighted by Crippen LogP contribution is -2.26. The van der Waals surface area contributed by atoms with E-state index >= 15 is 0 Å². The molecule has 1 unspecified atom stereocenters. The van der Waals surface area contributed by atoms with Crippen LogP contribution in [0.15, 0.2) is 30.3 Å². The van der Waals surface area contributed by atoms with Crippen LogP contribution in [0.4, 0.5) is 5.00 Å². The molecule has 0 saturated heterocycles. The van der Waals surface area contributed by atoms with Gasteiger partial charge >= 0.3 is 5.97 Å². The minimum atomic E-state index is -0.336. The van der Waals surface area contributed by atoms with Gasteiger partial charge in [-0.3, -0.25) is 4.79 Å². The third-order valence-electron chi connectivity index (χ3n) is 5.78. The average molecular weight is 444 g/mol. The normalized spacial score (nSPS) is 15.8. The maximum absolute atomic E-state index is 12.7. The van der Waals surface area contributed by atoms with Crippen molar-refractivity contribution >= 4 is 28.2 Å². The molecule has 1 aliphatic carbocycles. The number of esters is 1. The van der Waals surface area contributed by atoms with E-state index in [1.807, 2.05) is 30.3 Å². The van der Waals surface area contributed by atoms with Gasteiger partial charge in [-0.25, -0.2) is 4.79 Å². The van der Waals surface area contributed by atoms with E-state index in [9.17, 15) is 9.59 Å². The van der Waals surface area contributed by atoms with Crippen LogP contribution in [-0.4, -0.2) is 25.1 Å². The number of hydrogen-bond donors (Lipinski definition) is 1. The Morgan fingerprint density at radius 1 is 1.19 bits per heavy atom. The predicted octanol–water partition coefficient (Wildman–Crippen LogP) is 5.87. The SMILES string of the molecule is CCOC(=O)c1c(NC(=O)CCCOc2ccccc2)sc2c1CCC(C(C)(C)C)C2. The Morgan fingerprint density at radius 3 is 2.61 bits per heavy atom. The Kier molecular flexibility index (Phi) is 7.76. The van der Waals surface area contributed by atoms with Crippen LogP contribution in [0.1, 0.15) is 67.8 Å². The highest BCUT2D eigenvalue weighted by Crippen LogP contribution is 2.44. The van der Waals surface area contributed by atoms with Crippen molar-refractivity contribution < 1.29 is 19.1 Å². The molecule has 31 heavy (non-hydrogen) atoms. The number of thiophene rings is 1. The molecule has 1 heterocycles. The molecule has 0 fully saturated rings. The zero-order valence-corrected chi connectivity index (χ0v) is 19.8. The van der Waals surface area contributed by atoms with E-state index < -0.39 is 0 Å². The zero-order valence-electron chi connectivity index (χ0n) is 19.0. The van der Waals surface area contributed by atoms with E-state index in [0.717, 1.165) is 30.6 Å². The highest BCUT2D eigenvalue weighted by Gasteiger charge is 2.34. The summed E-state index contributed by atoms with van der Waals surface area (Å²) in [4.78, 5) is 26.5. The monoisotopic (exact) mass is 443 g/mol. The van der Waals surface area contributed by atoms with Crippen LogP contribution in [0.3, 0.4) is 0 Å². The molecule has 1 amide bonds. The van der Waals surface area contributed by atoms with Gasteiger partial charge in [0.1, 0.15) is 10.8 Å². The summed E-state index contributed by atoms with van der Waals surface area (Å²) in [6, 6.07) is 9.56.